The molecule has 6 aromatic heterocycles. The summed E-state index contributed by atoms with van der Waals surface area (Å²) in [5, 5.41) is 2.50. The molecule has 0 radical (unpaired) electrons. The lowest BCUT2D eigenvalue weighted by atomic mass is 9.89. The molecule has 6 heteroatoms. The lowest BCUT2D eigenvalue weighted by Crippen LogP contribution is -1.96. The summed E-state index contributed by atoms with van der Waals surface area (Å²) in [5.41, 5.74) is 17.7. The topological polar surface area (TPSA) is 77.3 Å². The minimum atomic E-state index is 0.771. The smallest absolute Gasteiger partial charge is 0.0900 e. The van der Waals surface area contributed by atoms with Crippen molar-refractivity contribution in [2.75, 3.05) is 0 Å². The standard InChI is InChI=1S/C52H32N6/c1-2-13-40-39(12-1)42-15-11-14-41-38(20-21-43(40)52(41)42)37-27-33(35-29-48(44-16-3-7-22-53-44)57-49(30-35)45-17-4-8-23-54-45)26-34(28-37)36-31-50(46-18-5-9-24-55-46)58-51(32-36)47-19-6-10-25-56-47/h1-32H. The summed E-state index contributed by atoms with van der Waals surface area (Å²) >= 11 is 0. The number of rotatable bonds is 7. The fourth-order valence-corrected chi connectivity index (χ4v) is 8.15. The van der Waals surface area contributed by atoms with Crippen LogP contribution in [0.5, 0.6) is 0 Å². The summed E-state index contributed by atoms with van der Waals surface area (Å²) in [4.78, 5) is 29.0. The molecular formula is C52H32N6. The number of nitrogens with zero attached hydrogens (tertiary/aromatic N) is 6. The number of fused-ring (bicyclic) bond motifs is 3. The molecule has 0 amide bonds. The maximum Gasteiger partial charge on any atom is 0.0900 e. The predicted octanol–water partition coefficient (Wildman–Crippen LogP) is 12.5. The van der Waals surface area contributed by atoms with Gasteiger partial charge in [-0.05, 0) is 157 Å². The van der Waals surface area contributed by atoms with Gasteiger partial charge in [-0.1, -0.05) is 78.9 Å². The largest absolute Gasteiger partial charge is 0.255 e. The highest BCUT2D eigenvalue weighted by atomic mass is 14.8. The van der Waals surface area contributed by atoms with E-state index in [-0.39, 0.29) is 0 Å². The molecule has 10 aromatic rings. The summed E-state index contributed by atoms with van der Waals surface area (Å²) in [6.45, 7) is 0. The lowest BCUT2D eigenvalue weighted by Gasteiger charge is -2.16. The van der Waals surface area contributed by atoms with Gasteiger partial charge in [0.25, 0.3) is 0 Å². The van der Waals surface area contributed by atoms with Crippen LogP contribution in [0.25, 0.3) is 112 Å². The van der Waals surface area contributed by atoms with Crippen molar-refractivity contribution in [3.05, 3.63) is 195 Å². The second-order valence-corrected chi connectivity index (χ2v) is 14.3. The zero-order chi connectivity index (χ0) is 38.4. The molecule has 0 bridgehead atoms. The number of pyridine rings is 6. The van der Waals surface area contributed by atoms with Gasteiger partial charge in [-0.15, -0.1) is 0 Å². The van der Waals surface area contributed by atoms with Crippen LogP contribution >= 0.6 is 0 Å². The molecule has 1 aliphatic carbocycles. The second-order valence-electron chi connectivity index (χ2n) is 14.3. The van der Waals surface area contributed by atoms with E-state index in [0.29, 0.717) is 0 Å². The highest BCUT2D eigenvalue weighted by Crippen LogP contribution is 2.50. The van der Waals surface area contributed by atoms with Crippen molar-refractivity contribution in [1.29, 1.82) is 0 Å². The highest BCUT2D eigenvalue weighted by Gasteiger charge is 2.23. The molecule has 6 nitrogen and oxygen atoms in total. The zero-order valence-corrected chi connectivity index (χ0v) is 31.2. The quantitative estimate of drug-likeness (QED) is 0.162. The summed E-state index contributed by atoms with van der Waals surface area (Å²) in [6, 6.07) is 59.0. The van der Waals surface area contributed by atoms with Gasteiger partial charge in [-0.25, -0.2) is 9.97 Å². The van der Waals surface area contributed by atoms with Crippen LogP contribution in [0.3, 0.4) is 0 Å². The molecule has 0 unspecified atom stereocenters. The minimum Gasteiger partial charge on any atom is -0.255 e. The first-order valence-electron chi connectivity index (χ1n) is 19.2. The molecule has 6 heterocycles. The number of hydrogen-bond donors (Lipinski definition) is 0. The van der Waals surface area contributed by atoms with E-state index in [1.807, 2.05) is 72.8 Å². The van der Waals surface area contributed by atoms with Crippen molar-refractivity contribution in [1.82, 2.24) is 29.9 Å². The molecule has 4 aromatic carbocycles. The lowest BCUT2D eigenvalue weighted by molar-refractivity contribution is 1.22. The number of hydrogen-bond acceptors (Lipinski definition) is 6. The van der Waals surface area contributed by atoms with Crippen molar-refractivity contribution in [2.45, 2.75) is 0 Å². The van der Waals surface area contributed by atoms with Crippen LogP contribution < -0.4 is 0 Å². The molecule has 0 N–H and O–H groups in total. The van der Waals surface area contributed by atoms with E-state index in [0.717, 1.165) is 78.9 Å². The van der Waals surface area contributed by atoms with Gasteiger partial charge in [0.1, 0.15) is 0 Å². The molecule has 0 fully saturated rings. The van der Waals surface area contributed by atoms with E-state index in [2.05, 4.69) is 97.1 Å². The van der Waals surface area contributed by atoms with Crippen LogP contribution in [0.4, 0.5) is 0 Å². The maximum absolute atomic E-state index is 5.09. The third-order valence-corrected chi connectivity index (χ3v) is 10.8. The Morgan fingerprint density at radius 1 is 0.241 bits per heavy atom. The Kier molecular flexibility index (Phi) is 8.04. The summed E-state index contributed by atoms with van der Waals surface area (Å²) in [6.07, 6.45) is 7.22. The fourth-order valence-electron chi connectivity index (χ4n) is 8.15. The van der Waals surface area contributed by atoms with Gasteiger partial charge in [0.05, 0.1) is 45.6 Å². The Bertz CT molecular complexity index is 2860. The molecule has 0 saturated heterocycles. The average molecular weight is 741 g/mol. The van der Waals surface area contributed by atoms with E-state index in [9.17, 15) is 0 Å². The first-order chi connectivity index (χ1) is 28.7. The normalized spacial score (nSPS) is 11.4. The molecular weight excluding hydrogens is 709 g/mol. The van der Waals surface area contributed by atoms with Crippen LogP contribution in [0.15, 0.2) is 195 Å². The number of aromatic nitrogens is 6. The summed E-state index contributed by atoms with van der Waals surface area (Å²) in [7, 11) is 0. The third-order valence-electron chi connectivity index (χ3n) is 10.8. The van der Waals surface area contributed by atoms with Crippen LogP contribution in [0.1, 0.15) is 0 Å². The molecule has 11 rings (SSSR count). The Hall–Kier alpha value is -7.96. The number of benzene rings is 4. The van der Waals surface area contributed by atoms with Crippen LogP contribution in [-0.2, 0) is 0 Å². The van der Waals surface area contributed by atoms with Gasteiger partial charge in [0.2, 0.25) is 0 Å². The fraction of sp³-hybridized carbons (Fsp3) is 0. The molecule has 0 spiro atoms. The minimum absolute atomic E-state index is 0.771. The maximum atomic E-state index is 5.09. The van der Waals surface area contributed by atoms with Crippen molar-refractivity contribution < 1.29 is 0 Å². The molecule has 0 saturated carbocycles. The third kappa shape index (κ3) is 5.92. The van der Waals surface area contributed by atoms with E-state index < -0.39 is 0 Å². The molecule has 58 heavy (non-hydrogen) atoms. The summed E-state index contributed by atoms with van der Waals surface area (Å²) in [5.74, 6) is 0. The van der Waals surface area contributed by atoms with E-state index in [1.165, 1.54) is 33.0 Å². The molecule has 1 aliphatic rings. The Morgan fingerprint density at radius 3 is 1.03 bits per heavy atom. The van der Waals surface area contributed by atoms with E-state index >= 15 is 0 Å². The first-order valence-corrected chi connectivity index (χ1v) is 19.2. The molecule has 0 atom stereocenters. The van der Waals surface area contributed by atoms with Gasteiger partial charge in [0.15, 0.2) is 0 Å². The Morgan fingerprint density at radius 2 is 0.603 bits per heavy atom. The van der Waals surface area contributed by atoms with E-state index in [1.54, 1.807) is 24.8 Å². The average Bonchev–Trinajstić information content (AvgIpc) is 3.64. The van der Waals surface area contributed by atoms with Crippen molar-refractivity contribution in [2.24, 2.45) is 0 Å². The second kappa shape index (κ2) is 14.0. The van der Waals surface area contributed by atoms with Crippen molar-refractivity contribution in [3.8, 4) is 101 Å². The highest BCUT2D eigenvalue weighted by molar-refractivity contribution is 6.18. The predicted molar refractivity (Wildman–Crippen MR) is 233 cm³/mol. The SMILES string of the molecule is c1ccc(-c2cc(-c3cc(-c4cc(-c5ccccn5)nc(-c5ccccn5)c4)cc(-c4ccc5c6c(cccc46)-c4ccccc4-5)c3)cc(-c3ccccn3)n2)nc1. The van der Waals surface area contributed by atoms with Crippen LogP contribution in [0, 0.1) is 0 Å². The van der Waals surface area contributed by atoms with Crippen LogP contribution in [-0.4, -0.2) is 29.9 Å². The van der Waals surface area contributed by atoms with Gasteiger partial charge < -0.3 is 0 Å². The van der Waals surface area contributed by atoms with Gasteiger partial charge >= 0.3 is 0 Å². The van der Waals surface area contributed by atoms with Crippen LogP contribution in [0.2, 0.25) is 0 Å². The molecule has 0 aliphatic heterocycles. The van der Waals surface area contributed by atoms with Crippen molar-refractivity contribution >= 4 is 10.8 Å². The first kappa shape index (κ1) is 33.4. The van der Waals surface area contributed by atoms with Gasteiger partial charge in [0, 0.05) is 24.8 Å². The monoisotopic (exact) mass is 740 g/mol. The van der Waals surface area contributed by atoms with Gasteiger partial charge in [-0.3, -0.25) is 19.9 Å². The van der Waals surface area contributed by atoms with E-state index in [4.69, 9.17) is 29.9 Å². The Labute approximate surface area is 335 Å². The summed E-state index contributed by atoms with van der Waals surface area (Å²) < 4.78 is 0. The molecule has 270 valence electrons. The van der Waals surface area contributed by atoms with Crippen molar-refractivity contribution in [3.63, 3.8) is 0 Å². The Balaban J connectivity index is 1.18. The zero-order valence-electron chi connectivity index (χ0n) is 31.2. The van der Waals surface area contributed by atoms with Gasteiger partial charge in [-0.2, -0.15) is 0 Å².